The third-order valence-electron chi connectivity index (χ3n) is 6.34. The molecule has 0 aliphatic rings. The van der Waals surface area contributed by atoms with Crippen LogP contribution in [0.3, 0.4) is 0 Å². The maximum Gasteiger partial charge on any atom is 0.123 e. The Kier molecular flexibility index (Phi) is 9.54. The first-order valence-electron chi connectivity index (χ1n) is 12.7. The van der Waals surface area contributed by atoms with Crippen molar-refractivity contribution in [1.29, 1.82) is 0 Å². The van der Waals surface area contributed by atoms with Crippen molar-refractivity contribution in [3.8, 4) is 11.5 Å². The Hall–Kier alpha value is -3.60. The van der Waals surface area contributed by atoms with Gasteiger partial charge in [0.2, 0.25) is 0 Å². The van der Waals surface area contributed by atoms with Crippen LogP contribution in [0.1, 0.15) is 48.2 Å². The fraction of sp³-hybridized carbons (Fsp3) is 0.250. The first-order chi connectivity index (χ1) is 17.7. The lowest BCUT2D eigenvalue weighted by Gasteiger charge is -2.18. The first kappa shape index (κ1) is 25.5. The molecule has 0 heterocycles. The molecule has 2 atom stereocenters. The lowest BCUT2D eigenvalue weighted by atomic mass is 10.1. The van der Waals surface area contributed by atoms with Crippen LogP contribution in [0.4, 0.5) is 0 Å². The first-order valence-corrected chi connectivity index (χ1v) is 12.7. The minimum atomic E-state index is 0.261. The van der Waals surface area contributed by atoms with Gasteiger partial charge >= 0.3 is 0 Å². The average molecular weight is 481 g/mol. The lowest BCUT2D eigenvalue weighted by molar-refractivity contribution is 0.214. The van der Waals surface area contributed by atoms with E-state index in [1.165, 1.54) is 11.1 Å². The summed E-state index contributed by atoms with van der Waals surface area (Å²) >= 11 is 0. The van der Waals surface area contributed by atoms with Crippen LogP contribution in [0.5, 0.6) is 11.5 Å². The lowest BCUT2D eigenvalue weighted by Crippen LogP contribution is -2.19. The molecule has 4 aromatic rings. The molecule has 0 fully saturated rings. The van der Waals surface area contributed by atoms with Gasteiger partial charge in [0.1, 0.15) is 24.7 Å². The summed E-state index contributed by atoms with van der Waals surface area (Å²) in [4.78, 5) is 0. The minimum absolute atomic E-state index is 0.261. The van der Waals surface area contributed by atoms with Crippen molar-refractivity contribution in [2.24, 2.45) is 0 Å². The zero-order valence-electron chi connectivity index (χ0n) is 21.2. The molecule has 0 bridgehead atoms. The van der Waals surface area contributed by atoms with Gasteiger partial charge < -0.3 is 20.1 Å². The number of rotatable bonds is 13. The molecular weight excluding hydrogens is 444 g/mol. The van der Waals surface area contributed by atoms with E-state index >= 15 is 0 Å². The monoisotopic (exact) mass is 480 g/mol. The van der Waals surface area contributed by atoms with Crippen molar-refractivity contribution >= 4 is 0 Å². The van der Waals surface area contributed by atoms with Crippen LogP contribution >= 0.6 is 0 Å². The Morgan fingerprint density at radius 1 is 0.500 bits per heavy atom. The topological polar surface area (TPSA) is 42.5 Å². The van der Waals surface area contributed by atoms with Crippen LogP contribution in [0.15, 0.2) is 109 Å². The molecular formula is C32H36N2O2. The molecule has 4 heteroatoms. The van der Waals surface area contributed by atoms with Gasteiger partial charge in [-0.3, -0.25) is 0 Å². The zero-order valence-corrected chi connectivity index (χ0v) is 21.2. The molecule has 0 saturated heterocycles. The summed E-state index contributed by atoms with van der Waals surface area (Å²) in [6.45, 7) is 6.79. The van der Waals surface area contributed by atoms with Crippen LogP contribution in [-0.4, -0.2) is 13.2 Å². The van der Waals surface area contributed by atoms with Crippen LogP contribution in [0.2, 0.25) is 0 Å². The highest BCUT2D eigenvalue weighted by Crippen LogP contribution is 2.22. The average Bonchev–Trinajstić information content (AvgIpc) is 2.94. The maximum atomic E-state index is 6.11. The van der Waals surface area contributed by atoms with Crippen molar-refractivity contribution in [3.05, 3.63) is 131 Å². The summed E-state index contributed by atoms with van der Waals surface area (Å²) in [5.41, 5.74) is 4.82. The highest BCUT2D eigenvalue weighted by atomic mass is 16.5. The van der Waals surface area contributed by atoms with Gasteiger partial charge in [0.05, 0.1) is 0 Å². The van der Waals surface area contributed by atoms with Crippen LogP contribution < -0.4 is 20.1 Å². The van der Waals surface area contributed by atoms with Gasteiger partial charge in [0.15, 0.2) is 0 Å². The Morgan fingerprint density at radius 3 is 1.28 bits per heavy atom. The van der Waals surface area contributed by atoms with Crippen LogP contribution in [0.25, 0.3) is 0 Å². The van der Waals surface area contributed by atoms with Gasteiger partial charge in [-0.2, -0.15) is 0 Å². The summed E-state index contributed by atoms with van der Waals surface area (Å²) < 4.78 is 12.2. The second-order valence-electron chi connectivity index (χ2n) is 8.94. The molecule has 0 aliphatic heterocycles. The highest BCUT2D eigenvalue weighted by molar-refractivity contribution is 5.34. The predicted octanol–water partition coefficient (Wildman–Crippen LogP) is 6.85. The van der Waals surface area contributed by atoms with Gasteiger partial charge in [0.25, 0.3) is 0 Å². The van der Waals surface area contributed by atoms with E-state index in [1.54, 1.807) is 0 Å². The van der Waals surface area contributed by atoms with E-state index in [4.69, 9.17) is 9.47 Å². The van der Waals surface area contributed by atoms with Crippen molar-refractivity contribution in [3.63, 3.8) is 0 Å². The van der Waals surface area contributed by atoms with Crippen molar-refractivity contribution in [2.45, 2.75) is 39.0 Å². The van der Waals surface area contributed by atoms with Gasteiger partial charge in [-0.15, -0.1) is 0 Å². The standard InChI is InChI=1S/C32H36N2O2/c1-25(27-13-5-3-6-14-27)33-23-29-17-9-11-19-31(29)35-21-22-36-32-20-12-10-18-30(32)24-34-26(2)28-15-7-4-8-16-28/h3-20,25-26,33-34H,21-24H2,1-2H3/t25-,26+. The molecule has 186 valence electrons. The summed E-state index contributed by atoms with van der Waals surface area (Å²) in [6.07, 6.45) is 0. The SMILES string of the molecule is C[C@H](NCc1ccccc1OCCOc1ccccc1CN[C@H](C)c1ccccc1)c1ccccc1. The molecule has 4 aromatic carbocycles. The third kappa shape index (κ3) is 7.45. The Labute approximate surface area is 215 Å². The van der Waals surface area contributed by atoms with E-state index < -0.39 is 0 Å². The summed E-state index contributed by atoms with van der Waals surface area (Å²) in [5.74, 6) is 1.78. The molecule has 0 radical (unpaired) electrons. The largest absolute Gasteiger partial charge is 0.490 e. The number of nitrogens with one attached hydrogen (secondary N) is 2. The number of ether oxygens (including phenoxy) is 2. The van der Waals surface area contributed by atoms with Gasteiger partial charge in [-0.1, -0.05) is 97.1 Å². The molecule has 0 saturated carbocycles. The molecule has 4 nitrogen and oxygen atoms in total. The van der Waals surface area contributed by atoms with Gasteiger partial charge in [-0.25, -0.2) is 0 Å². The highest BCUT2D eigenvalue weighted by Gasteiger charge is 2.09. The van der Waals surface area contributed by atoms with E-state index in [9.17, 15) is 0 Å². The molecule has 0 aliphatic carbocycles. The van der Waals surface area contributed by atoms with Crippen LogP contribution in [0, 0.1) is 0 Å². The second-order valence-corrected chi connectivity index (χ2v) is 8.94. The fourth-order valence-electron chi connectivity index (χ4n) is 4.13. The van der Waals surface area contributed by atoms with E-state index in [2.05, 4.69) is 85.1 Å². The summed E-state index contributed by atoms with van der Waals surface area (Å²) in [7, 11) is 0. The second kappa shape index (κ2) is 13.5. The van der Waals surface area contributed by atoms with E-state index in [-0.39, 0.29) is 12.1 Å². The summed E-state index contributed by atoms with van der Waals surface area (Å²) in [5, 5.41) is 7.19. The number of para-hydroxylation sites is 2. The Morgan fingerprint density at radius 2 is 0.861 bits per heavy atom. The molecule has 36 heavy (non-hydrogen) atoms. The predicted molar refractivity (Wildman–Crippen MR) is 147 cm³/mol. The van der Waals surface area contributed by atoms with E-state index in [0.717, 1.165) is 35.7 Å². The van der Waals surface area contributed by atoms with Crippen LogP contribution in [-0.2, 0) is 13.1 Å². The molecule has 0 unspecified atom stereocenters. The molecule has 4 rings (SSSR count). The smallest absolute Gasteiger partial charge is 0.123 e. The molecule has 2 N–H and O–H groups in total. The Balaban J connectivity index is 1.26. The zero-order chi connectivity index (χ0) is 25.0. The molecule has 0 amide bonds. The van der Waals surface area contributed by atoms with Crippen molar-refractivity contribution < 1.29 is 9.47 Å². The molecule has 0 spiro atoms. The van der Waals surface area contributed by atoms with Gasteiger partial charge in [0, 0.05) is 36.3 Å². The fourth-order valence-corrected chi connectivity index (χ4v) is 4.13. The number of benzene rings is 4. The van der Waals surface area contributed by atoms with Crippen molar-refractivity contribution in [2.75, 3.05) is 13.2 Å². The molecule has 0 aromatic heterocycles. The normalized spacial score (nSPS) is 12.6. The summed E-state index contributed by atoms with van der Waals surface area (Å²) in [6, 6.07) is 37.9. The number of hydrogen-bond acceptors (Lipinski definition) is 4. The quantitative estimate of drug-likeness (QED) is 0.206. The van der Waals surface area contributed by atoms with Gasteiger partial charge in [-0.05, 0) is 37.1 Å². The van der Waals surface area contributed by atoms with E-state index in [0.29, 0.717) is 13.2 Å². The minimum Gasteiger partial charge on any atom is -0.490 e. The van der Waals surface area contributed by atoms with Crippen molar-refractivity contribution in [1.82, 2.24) is 10.6 Å². The number of hydrogen-bond donors (Lipinski definition) is 2. The Bertz CT molecular complexity index is 1090. The maximum absolute atomic E-state index is 6.11. The third-order valence-corrected chi connectivity index (χ3v) is 6.34. The van der Waals surface area contributed by atoms with E-state index in [1.807, 2.05) is 48.5 Å².